The van der Waals surface area contributed by atoms with Gasteiger partial charge >= 0.3 is 0 Å². The summed E-state index contributed by atoms with van der Waals surface area (Å²) in [6.07, 6.45) is 7.01. The van der Waals surface area contributed by atoms with Crippen LogP contribution in [0, 0.1) is 5.92 Å². The van der Waals surface area contributed by atoms with E-state index in [4.69, 9.17) is 10.3 Å². The van der Waals surface area contributed by atoms with Crippen LogP contribution in [0.4, 0.5) is 0 Å². The van der Waals surface area contributed by atoms with Gasteiger partial charge in [0.1, 0.15) is 0 Å². The minimum atomic E-state index is 0.562. The van der Waals surface area contributed by atoms with Crippen LogP contribution < -0.4 is 5.73 Å². The second-order valence-electron chi connectivity index (χ2n) is 5.62. The van der Waals surface area contributed by atoms with E-state index in [-0.39, 0.29) is 0 Å². The number of aromatic nitrogens is 2. The Kier molecular flexibility index (Phi) is 5.34. The van der Waals surface area contributed by atoms with Crippen LogP contribution in [-0.2, 0) is 13.0 Å². The highest BCUT2D eigenvalue weighted by Gasteiger charge is 2.27. The summed E-state index contributed by atoms with van der Waals surface area (Å²) in [5, 5.41) is 4.06. The molecule has 2 rings (SSSR count). The molecule has 1 aliphatic rings. The molecule has 0 aliphatic heterocycles. The fraction of sp³-hybridized carbons (Fsp3) is 0.857. The van der Waals surface area contributed by atoms with E-state index in [0.29, 0.717) is 12.0 Å². The lowest BCUT2D eigenvalue weighted by molar-refractivity contribution is 0.124. The van der Waals surface area contributed by atoms with Gasteiger partial charge in [-0.25, -0.2) is 0 Å². The molecule has 1 fully saturated rings. The van der Waals surface area contributed by atoms with Crippen molar-refractivity contribution in [2.24, 2.45) is 11.7 Å². The van der Waals surface area contributed by atoms with Gasteiger partial charge in [-0.2, -0.15) is 4.98 Å². The summed E-state index contributed by atoms with van der Waals surface area (Å²) in [6.45, 7) is 3.65. The summed E-state index contributed by atoms with van der Waals surface area (Å²) in [4.78, 5) is 6.78. The number of hydrogen-bond acceptors (Lipinski definition) is 5. The Balaban J connectivity index is 1.92. The van der Waals surface area contributed by atoms with E-state index in [2.05, 4.69) is 29.0 Å². The van der Waals surface area contributed by atoms with E-state index >= 15 is 0 Å². The zero-order chi connectivity index (χ0) is 13.7. The Morgan fingerprint density at radius 3 is 2.89 bits per heavy atom. The monoisotopic (exact) mass is 266 g/mol. The summed E-state index contributed by atoms with van der Waals surface area (Å²) < 4.78 is 5.23. The van der Waals surface area contributed by atoms with Crippen LogP contribution in [0.2, 0.25) is 0 Å². The molecular weight excluding hydrogens is 240 g/mol. The normalized spacial score (nSPS) is 24.0. The van der Waals surface area contributed by atoms with Crippen LogP contribution in [0.15, 0.2) is 4.52 Å². The van der Waals surface area contributed by atoms with Gasteiger partial charge in [-0.3, -0.25) is 4.90 Å². The van der Waals surface area contributed by atoms with E-state index in [1.54, 1.807) is 0 Å². The number of hydrogen-bond donors (Lipinski definition) is 1. The Morgan fingerprint density at radius 2 is 2.16 bits per heavy atom. The third-order valence-electron chi connectivity index (χ3n) is 4.10. The topological polar surface area (TPSA) is 68.2 Å². The molecule has 0 saturated heterocycles. The standard InChI is InChI=1S/C14H26N4O/c1-3-6-14-16-13(17-19-14)10-18(2)12-8-5-4-7-11(12)9-15/h11-12H,3-10,15H2,1-2H3. The summed E-state index contributed by atoms with van der Waals surface area (Å²) >= 11 is 0. The molecule has 5 heteroatoms. The van der Waals surface area contributed by atoms with E-state index < -0.39 is 0 Å². The third-order valence-corrected chi connectivity index (χ3v) is 4.10. The lowest BCUT2D eigenvalue weighted by atomic mass is 9.84. The molecule has 0 amide bonds. The maximum atomic E-state index is 5.89. The first-order valence-corrected chi connectivity index (χ1v) is 7.46. The van der Waals surface area contributed by atoms with Crippen molar-refractivity contribution in [2.45, 2.75) is 58.0 Å². The van der Waals surface area contributed by atoms with Crippen molar-refractivity contribution in [2.75, 3.05) is 13.6 Å². The van der Waals surface area contributed by atoms with Crippen LogP contribution in [0.25, 0.3) is 0 Å². The zero-order valence-electron chi connectivity index (χ0n) is 12.1. The molecule has 0 bridgehead atoms. The minimum Gasteiger partial charge on any atom is -0.339 e. The molecule has 0 aromatic carbocycles. The second-order valence-corrected chi connectivity index (χ2v) is 5.62. The summed E-state index contributed by atoms with van der Waals surface area (Å²) in [5.74, 6) is 2.16. The number of rotatable bonds is 6. The van der Waals surface area contributed by atoms with Gasteiger partial charge in [-0.15, -0.1) is 0 Å². The number of nitrogens with zero attached hydrogens (tertiary/aromatic N) is 3. The van der Waals surface area contributed by atoms with Crippen molar-refractivity contribution in [3.8, 4) is 0 Å². The molecule has 2 unspecified atom stereocenters. The van der Waals surface area contributed by atoms with Crippen molar-refractivity contribution in [3.63, 3.8) is 0 Å². The van der Waals surface area contributed by atoms with E-state index in [1.807, 2.05) is 0 Å². The maximum Gasteiger partial charge on any atom is 0.226 e. The summed E-state index contributed by atoms with van der Waals surface area (Å²) in [5.41, 5.74) is 5.89. The molecule has 1 saturated carbocycles. The Bertz CT molecular complexity index is 379. The van der Waals surface area contributed by atoms with Crippen LogP contribution in [0.3, 0.4) is 0 Å². The van der Waals surface area contributed by atoms with Crippen molar-refractivity contribution >= 4 is 0 Å². The highest BCUT2D eigenvalue weighted by molar-refractivity contribution is 4.89. The third kappa shape index (κ3) is 3.76. The van der Waals surface area contributed by atoms with Gasteiger partial charge in [0.15, 0.2) is 5.82 Å². The highest BCUT2D eigenvalue weighted by Crippen LogP contribution is 2.27. The molecule has 5 nitrogen and oxygen atoms in total. The van der Waals surface area contributed by atoms with Gasteiger partial charge in [-0.05, 0) is 38.8 Å². The molecule has 0 spiro atoms. The van der Waals surface area contributed by atoms with Gasteiger partial charge in [0, 0.05) is 12.5 Å². The van der Waals surface area contributed by atoms with Gasteiger partial charge in [-0.1, -0.05) is 24.9 Å². The maximum absolute atomic E-state index is 5.89. The molecule has 0 radical (unpaired) electrons. The molecule has 1 aromatic heterocycles. The fourth-order valence-corrected chi connectivity index (χ4v) is 3.05. The van der Waals surface area contributed by atoms with Gasteiger partial charge < -0.3 is 10.3 Å². The first kappa shape index (κ1) is 14.5. The minimum absolute atomic E-state index is 0.562. The zero-order valence-corrected chi connectivity index (χ0v) is 12.1. The van der Waals surface area contributed by atoms with Crippen LogP contribution in [0.1, 0.15) is 50.7 Å². The first-order valence-electron chi connectivity index (χ1n) is 7.46. The highest BCUT2D eigenvalue weighted by atomic mass is 16.5. The van der Waals surface area contributed by atoms with E-state index in [1.165, 1.54) is 25.7 Å². The van der Waals surface area contributed by atoms with E-state index in [0.717, 1.165) is 37.6 Å². The van der Waals surface area contributed by atoms with E-state index in [9.17, 15) is 0 Å². The Morgan fingerprint density at radius 1 is 1.37 bits per heavy atom. The quantitative estimate of drug-likeness (QED) is 0.852. The van der Waals surface area contributed by atoms with Crippen molar-refractivity contribution in [1.29, 1.82) is 0 Å². The molecule has 108 valence electrons. The molecular formula is C14H26N4O. The summed E-state index contributed by atoms with van der Waals surface area (Å²) in [6, 6.07) is 0.562. The lowest BCUT2D eigenvalue weighted by Gasteiger charge is -2.36. The van der Waals surface area contributed by atoms with Crippen molar-refractivity contribution < 1.29 is 4.52 Å². The van der Waals surface area contributed by atoms with Gasteiger partial charge in [0.2, 0.25) is 5.89 Å². The first-order chi connectivity index (χ1) is 9.24. The van der Waals surface area contributed by atoms with Crippen LogP contribution in [0.5, 0.6) is 0 Å². The number of nitrogens with two attached hydrogens (primary N) is 1. The number of aryl methyl sites for hydroxylation is 1. The fourth-order valence-electron chi connectivity index (χ4n) is 3.05. The largest absolute Gasteiger partial charge is 0.339 e. The van der Waals surface area contributed by atoms with Gasteiger partial charge in [0.25, 0.3) is 0 Å². The molecule has 19 heavy (non-hydrogen) atoms. The van der Waals surface area contributed by atoms with Crippen molar-refractivity contribution in [1.82, 2.24) is 15.0 Å². The Labute approximate surface area is 115 Å². The predicted molar refractivity (Wildman–Crippen MR) is 74.6 cm³/mol. The Hall–Kier alpha value is -0.940. The smallest absolute Gasteiger partial charge is 0.226 e. The lowest BCUT2D eigenvalue weighted by Crippen LogP contribution is -2.42. The van der Waals surface area contributed by atoms with Crippen molar-refractivity contribution in [3.05, 3.63) is 11.7 Å². The molecule has 2 N–H and O–H groups in total. The van der Waals surface area contributed by atoms with Crippen LogP contribution >= 0.6 is 0 Å². The average molecular weight is 266 g/mol. The molecule has 1 heterocycles. The van der Waals surface area contributed by atoms with Gasteiger partial charge in [0.05, 0.1) is 6.54 Å². The molecule has 1 aromatic rings. The molecule has 1 aliphatic carbocycles. The predicted octanol–water partition coefficient (Wildman–Crippen LogP) is 1.97. The summed E-state index contributed by atoms with van der Waals surface area (Å²) in [7, 11) is 2.15. The second kappa shape index (κ2) is 7.01. The van der Waals surface area contributed by atoms with Crippen LogP contribution in [-0.4, -0.2) is 34.7 Å². The SMILES string of the molecule is CCCc1nc(CN(C)C2CCCCC2CN)no1. The average Bonchev–Trinajstić information content (AvgIpc) is 2.86. The molecule has 2 atom stereocenters.